The summed E-state index contributed by atoms with van der Waals surface area (Å²) in [4.78, 5) is 25.7. The summed E-state index contributed by atoms with van der Waals surface area (Å²) in [5.74, 6) is 2.92. The van der Waals surface area contributed by atoms with Crippen LogP contribution in [0.5, 0.6) is 5.75 Å². The van der Waals surface area contributed by atoms with Crippen molar-refractivity contribution in [2.45, 2.75) is 38.5 Å². The Morgan fingerprint density at radius 1 is 1.13 bits per heavy atom. The second kappa shape index (κ2) is 10.2. The van der Waals surface area contributed by atoms with Gasteiger partial charge in [0.2, 0.25) is 0 Å². The lowest BCUT2D eigenvalue weighted by atomic mass is 9.81. The van der Waals surface area contributed by atoms with E-state index in [0.29, 0.717) is 36.4 Å². The molecule has 38 heavy (non-hydrogen) atoms. The highest BCUT2D eigenvalue weighted by atomic mass is 16.5. The fraction of sp³-hybridized carbons (Fsp3) is 0.300. The number of fused-ring (bicyclic) bond motifs is 2. The van der Waals surface area contributed by atoms with Gasteiger partial charge in [-0.2, -0.15) is 0 Å². The summed E-state index contributed by atoms with van der Waals surface area (Å²) in [6.45, 7) is 3.18. The number of H-pyrrole nitrogens is 1. The fourth-order valence-corrected chi connectivity index (χ4v) is 5.62. The first-order chi connectivity index (χ1) is 18.6. The topological polar surface area (TPSA) is 110 Å². The Labute approximate surface area is 221 Å². The number of aromatic nitrogens is 4. The zero-order chi connectivity index (χ0) is 26.1. The van der Waals surface area contributed by atoms with E-state index in [4.69, 9.17) is 15.5 Å². The van der Waals surface area contributed by atoms with E-state index < -0.39 is 0 Å². The molecule has 4 N–H and O–H groups in total. The highest BCUT2D eigenvalue weighted by Crippen LogP contribution is 2.38. The first-order valence-electron chi connectivity index (χ1n) is 13.3. The van der Waals surface area contributed by atoms with Crippen LogP contribution in [0.3, 0.4) is 0 Å². The number of aromatic amines is 1. The summed E-state index contributed by atoms with van der Waals surface area (Å²) in [5.41, 5.74) is 10.7. The van der Waals surface area contributed by atoms with Gasteiger partial charge in [-0.25, -0.2) is 9.97 Å². The van der Waals surface area contributed by atoms with Crippen molar-refractivity contribution in [2.75, 3.05) is 18.9 Å². The van der Waals surface area contributed by atoms with Crippen LogP contribution in [-0.2, 0) is 0 Å². The Bertz CT molecular complexity index is 1560. The molecule has 0 bridgehead atoms. The van der Waals surface area contributed by atoms with Crippen molar-refractivity contribution in [1.82, 2.24) is 24.7 Å². The van der Waals surface area contributed by atoms with E-state index in [1.165, 1.54) is 0 Å². The number of rotatable bonds is 7. The van der Waals surface area contributed by atoms with Gasteiger partial charge in [0, 0.05) is 41.3 Å². The second-order valence-electron chi connectivity index (χ2n) is 10.0. The monoisotopic (exact) mass is 508 g/mol. The Morgan fingerprint density at radius 3 is 2.79 bits per heavy atom. The van der Waals surface area contributed by atoms with Crippen molar-refractivity contribution in [1.29, 1.82) is 0 Å². The zero-order valence-electron chi connectivity index (χ0n) is 21.5. The smallest absolute Gasteiger partial charge is 0.251 e. The summed E-state index contributed by atoms with van der Waals surface area (Å²) in [6.07, 6.45) is 7.77. The maximum atomic E-state index is 12.7. The second-order valence-corrected chi connectivity index (χ2v) is 10.0. The first-order valence-corrected chi connectivity index (χ1v) is 13.3. The molecule has 0 atom stereocenters. The molecular formula is C30H32N6O2. The van der Waals surface area contributed by atoms with Crippen LogP contribution in [-0.4, -0.2) is 38.4 Å². The third kappa shape index (κ3) is 4.58. The number of nitrogens with zero attached hydrogens (tertiary/aromatic N) is 3. The van der Waals surface area contributed by atoms with E-state index in [9.17, 15) is 4.79 Å². The molecular weight excluding hydrogens is 476 g/mol. The van der Waals surface area contributed by atoms with Crippen LogP contribution in [0.4, 0.5) is 5.82 Å². The van der Waals surface area contributed by atoms with Crippen molar-refractivity contribution in [3.8, 4) is 17.1 Å². The van der Waals surface area contributed by atoms with Crippen molar-refractivity contribution in [3.63, 3.8) is 0 Å². The number of nitrogen functional groups attached to an aromatic ring is 1. The van der Waals surface area contributed by atoms with E-state index in [1.807, 2.05) is 43.5 Å². The van der Waals surface area contributed by atoms with Crippen LogP contribution < -0.4 is 15.8 Å². The van der Waals surface area contributed by atoms with Gasteiger partial charge in [0.15, 0.2) is 0 Å². The van der Waals surface area contributed by atoms with Crippen molar-refractivity contribution in [3.05, 3.63) is 78.4 Å². The minimum Gasteiger partial charge on any atom is -0.494 e. The average molecular weight is 509 g/mol. The Kier molecular flexibility index (Phi) is 6.45. The molecule has 5 aromatic rings. The minimum atomic E-state index is -0.0566. The summed E-state index contributed by atoms with van der Waals surface area (Å²) in [5, 5.41) is 4.26. The van der Waals surface area contributed by atoms with Crippen molar-refractivity contribution in [2.24, 2.45) is 5.92 Å². The molecule has 1 saturated carbocycles. The molecule has 8 nitrogen and oxygen atoms in total. The summed E-state index contributed by atoms with van der Waals surface area (Å²) >= 11 is 0. The maximum Gasteiger partial charge on any atom is 0.251 e. The molecule has 1 aliphatic carbocycles. The average Bonchev–Trinajstić information content (AvgIpc) is 3.55. The van der Waals surface area contributed by atoms with Crippen LogP contribution in [0.1, 0.15) is 54.7 Å². The number of benzene rings is 2. The molecule has 3 heterocycles. The van der Waals surface area contributed by atoms with Gasteiger partial charge >= 0.3 is 0 Å². The highest BCUT2D eigenvalue weighted by molar-refractivity contribution is 5.94. The van der Waals surface area contributed by atoms with Crippen LogP contribution >= 0.6 is 0 Å². The van der Waals surface area contributed by atoms with Gasteiger partial charge in [0.25, 0.3) is 5.91 Å². The molecule has 3 aromatic heterocycles. The summed E-state index contributed by atoms with van der Waals surface area (Å²) in [6, 6.07) is 17.7. The number of para-hydroxylation sites is 1. The predicted molar refractivity (Wildman–Crippen MR) is 149 cm³/mol. The minimum absolute atomic E-state index is 0.0566. The van der Waals surface area contributed by atoms with Gasteiger partial charge in [-0.05, 0) is 68.9 Å². The number of anilines is 1. The SMILES string of the molecule is CCOc1cccc(C(=O)NC[C@H]2CC[C@H](c3nc(-c4cc5ccccc5[nH]4)c4c(N)nccn43)CC2)c1. The normalized spacial score (nSPS) is 17.6. The van der Waals surface area contributed by atoms with Crippen molar-refractivity contribution < 1.29 is 9.53 Å². The van der Waals surface area contributed by atoms with Crippen LogP contribution in [0.25, 0.3) is 27.8 Å². The number of hydrogen-bond donors (Lipinski definition) is 3. The number of imidazole rings is 1. The predicted octanol–water partition coefficient (Wildman–Crippen LogP) is 5.56. The number of amides is 1. The number of carbonyl (C=O) groups is 1. The third-order valence-corrected chi connectivity index (χ3v) is 7.57. The molecule has 0 unspecified atom stereocenters. The molecule has 1 aliphatic rings. The Balaban J connectivity index is 1.16. The lowest BCUT2D eigenvalue weighted by Gasteiger charge is -2.28. The van der Waals surface area contributed by atoms with Gasteiger partial charge in [-0.15, -0.1) is 0 Å². The van der Waals surface area contributed by atoms with E-state index in [-0.39, 0.29) is 5.91 Å². The molecule has 0 aliphatic heterocycles. The highest BCUT2D eigenvalue weighted by Gasteiger charge is 2.28. The lowest BCUT2D eigenvalue weighted by molar-refractivity contribution is 0.0942. The molecule has 194 valence electrons. The summed E-state index contributed by atoms with van der Waals surface area (Å²) in [7, 11) is 0. The number of nitrogens with one attached hydrogen (secondary N) is 2. The van der Waals surface area contributed by atoms with E-state index in [0.717, 1.165) is 65.1 Å². The number of hydrogen-bond acceptors (Lipinski definition) is 5. The number of ether oxygens (including phenoxy) is 1. The van der Waals surface area contributed by atoms with Gasteiger partial charge in [-0.1, -0.05) is 24.3 Å². The summed E-state index contributed by atoms with van der Waals surface area (Å²) < 4.78 is 7.64. The van der Waals surface area contributed by atoms with Crippen molar-refractivity contribution >= 4 is 28.1 Å². The maximum absolute atomic E-state index is 12.7. The molecule has 1 amide bonds. The van der Waals surface area contributed by atoms with Crippen LogP contribution in [0.2, 0.25) is 0 Å². The molecule has 8 heteroatoms. The zero-order valence-corrected chi connectivity index (χ0v) is 21.5. The lowest BCUT2D eigenvalue weighted by Crippen LogP contribution is -2.31. The molecule has 2 aromatic carbocycles. The fourth-order valence-electron chi connectivity index (χ4n) is 5.62. The standard InChI is InChI=1S/C30H32N6O2/c1-2-38-23-8-5-7-22(16-23)30(37)33-18-19-10-12-20(13-11-19)29-35-26(27-28(31)32-14-15-36(27)29)25-17-21-6-3-4-9-24(21)34-25/h3-9,14-17,19-20,34H,2,10-13,18H2,1H3,(H2,31,32)(H,33,37)/t19-,20-. The molecule has 0 spiro atoms. The number of carbonyl (C=O) groups excluding carboxylic acids is 1. The third-order valence-electron chi connectivity index (χ3n) is 7.57. The largest absolute Gasteiger partial charge is 0.494 e. The Hall–Kier alpha value is -4.33. The molecule has 0 saturated heterocycles. The van der Waals surface area contributed by atoms with E-state index in [1.54, 1.807) is 12.3 Å². The van der Waals surface area contributed by atoms with Gasteiger partial charge in [0.1, 0.15) is 28.6 Å². The molecule has 6 rings (SSSR count). The van der Waals surface area contributed by atoms with Gasteiger partial charge in [0.05, 0.1) is 12.3 Å². The number of nitrogens with two attached hydrogens (primary N) is 1. The van der Waals surface area contributed by atoms with E-state index >= 15 is 0 Å². The quantitative estimate of drug-likeness (QED) is 0.266. The Morgan fingerprint density at radius 2 is 1.97 bits per heavy atom. The van der Waals surface area contributed by atoms with E-state index in [2.05, 4.69) is 37.9 Å². The van der Waals surface area contributed by atoms with Crippen LogP contribution in [0.15, 0.2) is 67.0 Å². The first kappa shape index (κ1) is 24.0. The van der Waals surface area contributed by atoms with Gasteiger partial charge < -0.3 is 20.8 Å². The molecule has 0 radical (unpaired) electrons. The van der Waals surface area contributed by atoms with Crippen LogP contribution in [0, 0.1) is 5.92 Å². The van der Waals surface area contributed by atoms with Gasteiger partial charge in [-0.3, -0.25) is 9.20 Å². The molecule has 1 fully saturated rings.